The summed E-state index contributed by atoms with van der Waals surface area (Å²) in [5.74, 6) is 0.814. The third-order valence-corrected chi connectivity index (χ3v) is 4.31. The van der Waals surface area contributed by atoms with Crippen molar-refractivity contribution < 1.29 is 9.18 Å². The van der Waals surface area contributed by atoms with E-state index in [0.29, 0.717) is 35.4 Å². The predicted octanol–water partition coefficient (Wildman–Crippen LogP) is 2.05. The highest BCUT2D eigenvalue weighted by atomic mass is 35.5. The first-order valence-corrected chi connectivity index (χ1v) is 6.92. The number of rotatable bonds is 2. The molecule has 2 aliphatic heterocycles. The van der Waals surface area contributed by atoms with E-state index < -0.39 is 0 Å². The van der Waals surface area contributed by atoms with E-state index >= 15 is 0 Å². The number of halogens is 2. The summed E-state index contributed by atoms with van der Waals surface area (Å²) in [6.07, 6.45) is 0.601. The average Bonchev–Trinajstić information content (AvgIpc) is 2.74. The lowest BCUT2D eigenvalue weighted by molar-refractivity contribution is -0.124. The number of hydrogen-bond acceptors (Lipinski definition) is 2. The third kappa shape index (κ3) is 2.74. The number of hydrogen-bond donors (Lipinski definition) is 1. The van der Waals surface area contributed by atoms with Gasteiger partial charge in [0.25, 0.3) is 0 Å². The summed E-state index contributed by atoms with van der Waals surface area (Å²) in [5, 5.41) is 3.32. The fourth-order valence-corrected chi connectivity index (χ4v) is 3.23. The maximum Gasteiger partial charge on any atom is 0.220 e. The van der Waals surface area contributed by atoms with E-state index in [0.717, 1.165) is 19.6 Å². The van der Waals surface area contributed by atoms with Gasteiger partial charge in [-0.05, 0) is 24.0 Å². The van der Waals surface area contributed by atoms with Crippen molar-refractivity contribution in [2.75, 3.05) is 19.6 Å². The van der Waals surface area contributed by atoms with Crippen LogP contribution >= 0.6 is 11.6 Å². The van der Waals surface area contributed by atoms with Crippen molar-refractivity contribution in [3.05, 3.63) is 34.6 Å². The molecule has 0 radical (unpaired) electrons. The Morgan fingerprint density at radius 2 is 2.16 bits per heavy atom. The monoisotopic (exact) mass is 282 g/mol. The number of amides is 1. The Morgan fingerprint density at radius 1 is 1.37 bits per heavy atom. The lowest BCUT2D eigenvalue weighted by Crippen LogP contribution is -2.39. The number of carbonyl (C=O) groups excluding carboxylic acids is 1. The van der Waals surface area contributed by atoms with Crippen molar-refractivity contribution in [3.8, 4) is 0 Å². The van der Waals surface area contributed by atoms with E-state index in [1.54, 1.807) is 12.1 Å². The van der Waals surface area contributed by atoms with Gasteiger partial charge in [0.05, 0.1) is 0 Å². The van der Waals surface area contributed by atoms with Crippen LogP contribution in [-0.2, 0) is 11.3 Å². The number of piperidine rings is 1. The summed E-state index contributed by atoms with van der Waals surface area (Å²) in [4.78, 5) is 13.6. The molecule has 2 fully saturated rings. The van der Waals surface area contributed by atoms with E-state index in [4.69, 9.17) is 11.6 Å². The molecule has 2 aliphatic rings. The second kappa shape index (κ2) is 5.10. The van der Waals surface area contributed by atoms with E-state index in [9.17, 15) is 9.18 Å². The molecule has 102 valence electrons. The number of nitrogens with zero attached hydrogens (tertiary/aromatic N) is 1. The topological polar surface area (TPSA) is 32.3 Å². The van der Waals surface area contributed by atoms with Crippen molar-refractivity contribution >= 4 is 17.5 Å². The van der Waals surface area contributed by atoms with Crippen molar-refractivity contribution in [1.82, 2.24) is 10.2 Å². The molecule has 1 aromatic rings. The van der Waals surface area contributed by atoms with Gasteiger partial charge >= 0.3 is 0 Å². The summed E-state index contributed by atoms with van der Waals surface area (Å²) >= 11 is 5.75. The van der Waals surface area contributed by atoms with Gasteiger partial charge in [-0.2, -0.15) is 0 Å². The van der Waals surface area contributed by atoms with Gasteiger partial charge in [-0.25, -0.2) is 4.39 Å². The van der Waals surface area contributed by atoms with Crippen molar-refractivity contribution in [2.24, 2.45) is 11.8 Å². The third-order valence-electron chi connectivity index (χ3n) is 4.07. The van der Waals surface area contributed by atoms with Gasteiger partial charge in [-0.1, -0.05) is 17.7 Å². The van der Waals surface area contributed by atoms with Gasteiger partial charge in [-0.3, -0.25) is 9.69 Å². The highest BCUT2D eigenvalue weighted by molar-refractivity contribution is 6.30. The Labute approximate surface area is 116 Å². The minimum absolute atomic E-state index is 0.140. The molecular formula is C14H16ClFN2O. The summed E-state index contributed by atoms with van der Waals surface area (Å²) in [5.41, 5.74) is 0.669. The van der Waals surface area contributed by atoms with Crippen LogP contribution in [0.15, 0.2) is 18.2 Å². The van der Waals surface area contributed by atoms with Crippen molar-refractivity contribution in [2.45, 2.75) is 13.0 Å². The Bertz CT molecular complexity index is 508. The summed E-state index contributed by atoms with van der Waals surface area (Å²) in [6, 6.07) is 4.81. The van der Waals surface area contributed by atoms with Crippen LogP contribution in [0.5, 0.6) is 0 Å². The first kappa shape index (κ1) is 12.9. The van der Waals surface area contributed by atoms with Gasteiger partial charge in [0.15, 0.2) is 0 Å². The average molecular weight is 283 g/mol. The molecule has 2 heterocycles. The molecule has 2 saturated heterocycles. The number of likely N-dealkylation sites (tertiary alicyclic amines) is 1. The molecule has 2 atom stereocenters. The fraction of sp³-hybridized carbons (Fsp3) is 0.500. The Balaban J connectivity index is 1.67. The lowest BCUT2D eigenvalue weighted by Gasteiger charge is -2.23. The quantitative estimate of drug-likeness (QED) is 0.900. The number of nitrogens with one attached hydrogen (secondary N) is 1. The van der Waals surface area contributed by atoms with E-state index in [1.807, 2.05) is 0 Å². The van der Waals surface area contributed by atoms with Crippen LogP contribution in [0.3, 0.4) is 0 Å². The smallest absolute Gasteiger partial charge is 0.220 e. The van der Waals surface area contributed by atoms with Crippen molar-refractivity contribution in [3.63, 3.8) is 0 Å². The molecule has 0 unspecified atom stereocenters. The van der Waals surface area contributed by atoms with E-state index in [2.05, 4.69) is 10.2 Å². The second-order valence-corrected chi connectivity index (χ2v) is 5.89. The Morgan fingerprint density at radius 3 is 2.95 bits per heavy atom. The summed E-state index contributed by atoms with van der Waals surface area (Å²) in [7, 11) is 0. The lowest BCUT2D eigenvalue weighted by atomic mass is 9.89. The molecule has 0 bridgehead atoms. The van der Waals surface area contributed by atoms with Crippen LogP contribution in [0.1, 0.15) is 12.0 Å². The minimum Gasteiger partial charge on any atom is -0.356 e. The first-order valence-electron chi connectivity index (χ1n) is 6.55. The summed E-state index contributed by atoms with van der Waals surface area (Å²) in [6.45, 7) is 3.14. The van der Waals surface area contributed by atoms with Crippen LogP contribution < -0.4 is 5.32 Å². The van der Waals surface area contributed by atoms with E-state index in [-0.39, 0.29) is 11.7 Å². The van der Waals surface area contributed by atoms with Gasteiger partial charge in [-0.15, -0.1) is 0 Å². The van der Waals surface area contributed by atoms with Crippen LogP contribution in [0, 0.1) is 17.7 Å². The highest BCUT2D eigenvalue weighted by Gasteiger charge is 2.37. The molecule has 5 heteroatoms. The van der Waals surface area contributed by atoms with Gasteiger partial charge < -0.3 is 5.32 Å². The number of carbonyl (C=O) groups is 1. The Kier molecular flexibility index (Phi) is 3.46. The maximum atomic E-state index is 13.8. The van der Waals surface area contributed by atoms with Gasteiger partial charge in [0.1, 0.15) is 5.82 Å². The molecule has 0 saturated carbocycles. The summed E-state index contributed by atoms with van der Waals surface area (Å²) < 4.78 is 13.8. The van der Waals surface area contributed by atoms with E-state index in [1.165, 1.54) is 6.07 Å². The second-order valence-electron chi connectivity index (χ2n) is 5.46. The largest absolute Gasteiger partial charge is 0.356 e. The fourth-order valence-electron chi connectivity index (χ4n) is 3.07. The van der Waals surface area contributed by atoms with Crippen molar-refractivity contribution in [1.29, 1.82) is 0 Å². The zero-order chi connectivity index (χ0) is 13.4. The standard InChI is InChI=1S/C14H16ClFN2O/c15-12-2-1-9(13(16)4-12)6-18-7-10-3-14(19)17-5-11(10)8-18/h1-2,4,10-11H,3,5-8H2,(H,17,19)/t10-,11+/m1/s1. The molecule has 1 aromatic carbocycles. The van der Waals surface area contributed by atoms with Crippen LogP contribution in [0.25, 0.3) is 0 Å². The zero-order valence-corrected chi connectivity index (χ0v) is 11.3. The van der Waals surface area contributed by atoms with Gasteiger partial charge in [0, 0.05) is 43.2 Å². The molecule has 0 aromatic heterocycles. The van der Waals surface area contributed by atoms with Crippen LogP contribution in [-0.4, -0.2) is 30.4 Å². The molecule has 19 heavy (non-hydrogen) atoms. The zero-order valence-electron chi connectivity index (χ0n) is 10.5. The molecule has 3 rings (SSSR count). The predicted molar refractivity (Wildman–Crippen MR) is 71.3 cm³/mol. The number of fused-ring (bicyclic) bond motifs is 1. The molecule has 0 aliphatic carbocycles. The highest BCUT2D eigenvalue weighted by Crippen LogP contribution is 2.30. The first-order chi connectivity index (χ1) is 9.11. The van der Waals surface area contributed by atoms with Gasteiger partial charge in [0.2, 0.25) is 5.91 Å². The molecule has 1 amide bonds. The number of benzene rings is 1. The Hall–Kier alpha value is -1.13. The molecule has 3 nitrogen and oxygen atoms in total. The molecule has 1 N–H and O–H groups in total. The molecular weight excluding hydrogens is 267 g/mol. The van der Waals surface area contributed by atoms with Crippen LogP contribution in [0.4, 0.5) is 4.39 Å². The maximum absolute atomic E-state index is 13.8. The molecule has 0 spiro atoms. The SMILES string of the molecule is O=C1C[C@@H]2CN(Cc3ccc(Cl)cc3F)C[C@@H]2CN1. The normalized spacial score (nSPS) is 27.2. The van der Waals surface area contributed by atoms with Crippen LogP contribution in [0.2, 0.25) is 5.02 Å². The minimum atomic E-state index is -0.253.